The van der Waals surface area contributed by atoms with E-state index in [1.54, 1.807) is 12.1 Å². The molecule has 0 spiro atoms. The number of likely N-dealkylation sites (tertiary alicyclic amines) is 1. The van der Waals surface area contributed by atoms with E-state index < -0.39 is 0 Å². The Labute approximate surface area is 192 Å². The lowest BCUT2D eigenvalue weighted by atomic mass is 9.99. The smallest absolute Gasteiger partial charge is 0.278 e. The molecule has 1 aliphatic heterocycles. The highest BCUT2D eigenvalue weighted by Gasteiger charge is 2.23. The molecule has 0 bridgehead atoms. The van der Waals surface area contributed by atoms with E-state index in [0.29, 0.717) is 38.7 Å². The summed E-state index contributed by atoms with van der Waals surface area (Å²) in [6, 6.07) is 13.3. The summed E-state index contributed by atoms with van der Waals surface area (Å²) in [5.74, 6) is 0.576. The Morgan fingerprint density at radius 3 is 2.63 bits per heavy atom. The minimum absolute atomic E-state index is 0.0673. The Morgan fingerprint density at radius 2 is 1.97 bits per heavy atom. The fourth-order valence-electron chi connectivity index (χ4n) is 3.18. The Hall–Kier alpha value is -2.04. The van der Waals surface area contributed by atoms with E-state index in [0.717, 1.165) is 31.5 Å². The molecule has 30 heavy (non-hydrogen) atoms. The van der Waals surface area contributed by atoms with Crippen LogP contribution in [-0.2, 0) is 11.2 Å². The number of hydrogen-bond donors (Lipinski definition) is 2. The molecule has 1 heterocycles. The average Bonchev–Trinajstić information content (AvgIpc) is 2.72. The van der Waals surface area contributed by atoms with Gasteiger partial charge in [0, 0.05) is 18.1 Å². The van der Waals surface area contributed by atoms with Gasteiger partial charge in [-0.15, -0.1) is 0 Å². The van der Waals surface area contributed by atoms with Gasteiger partial charge in [0.15, 0.2) is 5.70 Å². The second kappa shape index (κ2) is 10.8. The van der Waals surface area contributed by atoms with Crippen LogP contribution in [-0.4, -0.2) is 23.9 Å². The van der Waals surface area contributed by atoms with Gasteiger partial charge in [-0.1, -0.05) is 66.2 Å². The lowest BCUT2D eigenvalue weighted by Gasteiger charge is -2.30. The fraction of sp³-hybridized carbons (Fsp3) is 0.304. The molecule has 0 aromatic heterocycles. The van der Waals surface area contributed by atoms with E-state index in [4.69, 9.17) is 28.9 Å². The van der Waals surface area contributed by atoms with Crippen molar-refractivity contribution in [2.45, 2.75) is 31.1 Å². The van der Waals surface area contributed by atoms with Gasteiger partial charge in [-0.3, -0.25) is 4.79 Å². The molecule has 1 amide bonds. The molecule has 1 aliphatic rings. The van der Waals surface area contributed by atoms with Crippen LogP contribution in [0.5, 0.6) is 0 Å². The number of anilines is 1. The molecule has 0 atom stereocenters. The summed E-state index contributed by atoms with van der Waals surface area (Å²) in [6.07, 6.45) is 4.58. The third-order valence-corrected chi connectivity index (χ3v) is 6.60. The Morgan fingerprint density at radius 1 is 1.27 bits per heavy atom. The molecule has 7 heteroatoms. The first-order chi connectivity index (χ1) is 14.4. The summed E-state index contributed by atoms with van der Waals surface area (Å²) in [5.41, 5.74) is 11.2. The predicted octanol–water partition coefficient (Wildman–Crippen LogP) is 5.71. The van der Waals surface area contributed by atoms with Crippen molar-refractivity contribution in [1.29, 1.82) is 0 Å². The van der Waals surface area contributed by atoms with Gasteiger partial charge in [0.1, 0.15) is 0 Å². The summed E-state index contributed by atoms with van der Waals surface area (Å²) < 4.78 is 3.12. The van der Waals surface area contributed by atoms with Gasteiger partial charge in [0.05, 0.1) is 15.6 Å². The van der Waals surface area contributed by atoms with Gasteiger partial charge >= 0.3 is 0 Å². The maximum atomic E-state index is 13.1. The van der Waals surface area contributed by atoms with E-state index in [1.807, 2.05) is 41.3 Å². The lowest BCUT2D eigenvalue weighted by Crippen LogP contribution is -2.40. The second-order valence-corrected chi connectivity index (χ2v) is 9.06. The van der Waals surface area contributed by atoms with Crippen molar-refractivity contribution in [3.8, 4) is 0 Å². The lowest BCUT2D eigenvalue weighted by molar-refractivity contribution is -0.128. The number of hydrogen-bond acceptors (Lipinski definition) is 4. The summed E-state index contributed by atoms with van der Waals surface area (Å²) in [7, 11) is 0. The van der Waals surface area contributed by atoms with Gasteiger partial charge in [-0.05, 0) is 60.9 Å². The maximum absolute atomic E-state index is 13.1. The average molecular weight is 462 g/mol. The number of piperidine rings is 1. The number of benzene rings is 2. The number of halogens is 2. The molecule has 158 valence electrons. The Kier molecular flexibility index (Phi) is 8.17. The molecule has 0 aliphatic carbocycles. The normalized spacial score (nSPS) is 14.2. The first kappa shape index (κ1) is 22.6. The topological polar surface area (TPSA) is 58.4 Å². The van der Waals surface area contributed by atoms with Gasteiger partial charge < -0.3 is 15.4 Å². The van der Waals surface area contributed by atoms with E-state index in [2.05, 4.69) is 17.4 Å². The van der Waals surface area contributed by atoms with E-state index in [9.17, 15) is 4.79 Å². The SMILES string of the molecule is CC1CCN(C(=O)C(=C=CCc2ccccc2)NSc2c(N)cc(Cl)cc2Cl)CC1. The van der Waals surface area contributed by atoms with E-state index in [-0.39, 0.29) is 5.91 Å². The van der Waals surface area contributed by atoms with Crippen LogP contribution in [0.1, 0.15) is 25.3 Å². The van der Waals surface area contributed by atoms with Crippen molar-refractivity contribution in [2.75, 3.05) is 18.8 Å². The zero-order valence-corrected chi connectivity index (χ0v) is 19.2. The second-order valence-electron chi connectivity index (χ2n) is 7.40. The Balaban J connectivity index is 1.80. The summed E-state index contributed by atoms with van der Waals surface area (Å²) >= 11 is 13.5. The van der Waals surface area contributed by atoms with E-state index in [1.165, 1.54) is 11.9 Å². The minimum atomic E-state index is -0.0673. The minimum Gasteiger partial charge on any atom is -0.398 e. The van der Waals surface area contributed by atoms with Gasteiger partial charge in [-0.2, -0.15) is 0 Å². The molecule has 2 aromatic rings. The molecule has 0 radical (unpaired) electrons. The van der Waals surface area contributed by atoms with Crippen molar-refractivity contribution in [2.24, 2.45) is 5.92 Å². The standard InChI is InChI=1S/C23H25Cl2N3OS/c1-16-10-12-28(13-11-16)23(29)21(9-5-8-17-6-3-2-4-7-17)27-30-22-19(25)14-18(24)15-20(22)26/h2-7,14-16,27H,8,10-13,26H2,1H3. The number of nitrogens with two attached hydrogens (primary N) is 1. The largest absolute Gasteiger partial charge is 0.398 e. The van der Waals surface area contributed by atoms with Crippen LogP contribution >= 0.6 is 35.1 Å². The van der Waals surface area contributed by atoms with E-state index >= 15 is 0 Å². The first-order valence-electron chi connectivity index (χ1n) is 9.89. The highest BCUT2D eigenvalue weighted by atomic mass is 35.5. The number of amides is 1. The molecule has 1 fully saturated rings. The zero-order chi connectivity index (χ0) is 21.5. The summed E-state index contributed by atoms with van der Waals surface area (Å²) in [6.45, 7) is 3.72. The highest BCUT2D eigenvalue weighted by Crippen LogP contribution is 2.34. The molecule has 0 unspecified atom stereocenters. The van der Waals surface area contributed by atoms with Crippen LogP contribution < -0.4 is 10.5 Å². The fourth-order valence-corrected chi connectivity index (χ4v) is 4.49. The zero-order valence-electron chi connectivity index (χ0n) is 16.8. The third kappa shape index (κ3) is 6.23. The Bertz CT molecular complexity index is 927. The molecular formula is C23H25Cl2N3OS. The number of carbonyl (C=O) groups excluding carboxylic acids is 1. The van der Waals surface area contributed by atoms with Crippen molar-refractivity contribution in [1.82, 2.24) is 9.62 Å². The van der Waals surface area contributed by atoms with Gasteiger partial charge in [0.2, 0.25) is 0 Å². The van der Waals surface area contributed by atoms with Crippen LogP contribution in [0.15, 0.2) is 64.9 Å². The molecule has 3 N–H and O–H groups in total. The monoisotopic (exact) mass is 461 g/mol. The quantitative estimate of drug-likeness (QED) is 0.250. The number of carbonyl (C=O) groups is 1. The molecule has 3 rings (SSSR count). The molecule has 1 saturated heterocycles. The number of rotatable bonds is 6. The summed E-state index contributed by atoms with van der Waals surface area (Å²) in [5, 5.41) is 0.906. The van der Waals surface area contributed by atoms with Crippen LogP contribution in [0.4, 0.5) is 5.69 Å². The van der Waals surface area contributed by atoms with Crippen molar-refractivity contribution >= 4 is 46.7 Å². The van der Waals surface area contributed by atoms with Crippen LogP contribution in [0, 0.1) is 5.92 Å². The van der Waals surface area contributed by atoms with Crippen LogP contribution in [0.3, 0.4) is 0 Å². The van der Waals surface area contributed by atoms with Crippen LogP contribution in [0.25, 0.3) is 0 Å². The molecule has 2 aromatic carbocycles. The first-order valence-corrected chi connectivity index (χ1v) is 11.5. The van der Waals surface area contributed by atoms with Gasteiger partial charge in [-0.25, -0.2) is 0 Å². The maximum Gasteiger partial charge on any atom is 0.278 e. The summed E-state index contributed by atoms with van der Waals surface area (Å²) in [4.78, 5) is 15.6. The molecule has 4 nitrogen and oxygen atoms in total. The number of nitrogen functional groups attached to an aromatic ring is 1. The number of nitrogens with one attached hydrogen (secondary N) is 1. The molecule has 0 saturated carbocycles. The third-order valence-electron chi connectivity index (χ3n) is 5.00. The predicted molar refractivity (Wildman–Crippen MR) is 127 cm³/mol. The van der Waals surface area contributed by atoms with Crippen LogP contribution in [0.2, 0.25) is 10.0 Å². The van der Waals surface area contributed by atoms with Gasteiger partial charge in [0.25, 0.3) is 5.91 Å². The highest BCUT2D eigenvalue weighted by molar-refractivity contribution is 7.97. The van der Waals surface area contributed by atoms with Crippen molar-refractivity contribution < 1.29 is 4.79 Å². The van der Waals surface area contributed by atoms with Crippen molar-refractivity contribution in [3.63, 3.8) is 0 Å². The number of nitrogens with zero attached hydrogens (tertiary/aromatic N) is 1. The van der Waals surface area contributed by atoms with Crippen molar-refractivity contribution in [3.05, 3.63) is 75.6 Å². The molecular weight excluding hydrogens is 437 g/mol.